The minimum atomic E-state index is -0.219. The smallest absolute Gasteiger partial charge is 0.319 e. The van der Waals surface area contributed by atoms with E-state index in [9.17, 15) is 4.79 Å². The van der Waals surface area contributed by atoms with Crippen LogP contribution >= 0.6 is 11.6 Å². The normalized spacial score (nSPS) is 10.6. The van der Waals surface area contributed by atoms with Crippen LogP contribution in [0.1, 0.15) is 19.4 Å². The molecule has 0 fully saturated rings. The SMILES string of the molecule is CCN(CC)CCNC(=O)Nc1c(C)cccc1Cl. The molecule has 0 bridgehead atoms. The van der Waals surface area contributed by atoms with Gasteiger partial charge >= 0.3 is 6.03 Å². The maximum absolute atomic E-state index is 11.8. The van der Waals surface area contributed by atoms with Gasteiger partial charge in [-0.25, -0.2) is 4.79 Å². The maximum atomic E-state index is 11.8. The van der Waals surface area contributed by atoms with Gasteiger partial charge in [0.05, 0.1) is 10.7 Å². The zero-order chi connectivity index (χ0) is 14.3. The summed E-state index contributed by atoms with van der Waals surface area (Å²) in [5, 5.41) is 6.18. The number of amides is 2. The number of carbonyl (C=O) groups is 1. The number of likely N-dealkylation sites (N-methyl/N-ethyl adjacent to an activating group) is 1. The van der Waals surface area contributed by atoms with Crippen LogP contribution in [0.2, 0.25) is 5.02 Å². The number of urea groups is 1. The largest absolute Gasteiger partial charge is 0.337 e. The van der Waals surface area contributed by atoms with Gasteiger partial charge in [-0.2, -0.15) is 0 Å². The Labute approximate surface area is 120 Å². The van der Waals surface area contributed by atoms with Gasteiger partial charge in [-0.05, 0) is 31.6 Å². The third-order valence-electron chi connectivity index (χ3n) is 3.07. The van der Waals surface area contributed by atoms with Crippen LogP contribution in [0, 0.1) is 6.92 Å². The Morgan fingerprint density at radius 2 is 2.00 bits per heavy atom. The van der Waals surface area contributed by atoms with Crippen molar-refractivity contribution >= 4 is 23.3 Å². The second kappa shape index (κ2) is 8.02. The molecule has 106 valence electrons. The minimum absolute atomic E-state index is 0.219. The topological polar surface area (TPSA) is 44.4 Å². The summed E-state index contributed by atoms with van der Waals surface area (Å²) in [6.45, 7) is 9.58. The first-order valence-corrected chi connectivity index (χ1v) is 6.98. The summed E-state index contributed by atoms with van der Waals surface area (Å²) in [5.41, 5.74) is 1.62. The van der Waals surface area contributed by atoms with Crippen molar-refractivity contribution in [3.63, 3.8) is 0 Å². The van der Waals surface area contributed by atoms with E-state index in [4.69, 9.17) is 11.6 Å². The van der Waals surface area contributed by atoms with Crippen molar-refractivity contribution in [3.8, 4) is 0 Å². The predicted octanol–water partition coefficient (Wildman–Crippen LogP) is 3.11. The molecule has 0 unspecified atom stereocenters. The monoisotopic (exact) mass is 283 g/mol. The maximum Gasteiger partial charge on any atom is 0.319 e. The minimum Gasteiger partial charge on any atom is -0.337 e. The number of benzene rings is 1. The molecular formula is C14H22ClN3O. The highest BCUT2D eigenvalue weighted by molar-refractivity contribution is 6.33. The summed E-state index contributed by atoms with van der Waals surface area (Å²) in [7, 11) is 0. The highest BCUT2D eigenvalue weighted by Crippen LogP contribution is 2.24. The lowest BCUT2D eigenvalue weighted by molar-refractivity contribution is 0.248. The van der Waals surface area contributed by atoms with E-state index in [1.165, 1.54) is 0 Å². The molecule has 2 N–H and O–H groups in total. The first-order valence-electron chi connectivity index (χ1n) is 6.60. The van der Waals surface area contributed by atoms with Crippen LogP contribution in [-0.4, -0.2) is 37.1 Å². The molecule has 0 radical (unpaired) electrons. The van der Waals surface area contributed by atoms with E-state index >= 15 is 0 Å². The second-order valence-electron chi connectivity index (χ2n) is 4.34. The third-order valence-corrected chi connectivity index (χ3v) is 3.38. The van der Waals surface area contributed by atoms with Gasteiger partial charge in [-0.1, -0.05) is 37.6 Å². The van der Waals surface area contributed by atoms with Crippen LogP contribution in [0.15, 0.2) is 18.2 Å². The van der Waals surface area contributed by atoms with Crippen molar-refractivity contribution < 1.29 is 4.79 Å². The van der Waals surface area contributed by atoms with Crippen LogP contribution in [0.3, 0.4) is 0 Å². The summed E-state index contributed by atoms with van der Waals surface area (Å²) in [4.78, 5) is 14.0. The molecule has 0 saturated carbocycles. The van der Waals surface area contributed by atoms with Crippen molar-refractivity contribution in [1.82, 2.24) is 10.2 Å². The van der Waals surface area contributed by atoms with Gasteiger partial charge in [-0.15, -0.1) is 0 Å². The summed E-state index contributed by atoms with van der Waals surface area (Å²) in [6, 6.07) is 5.32. The first kappa shape index (κ1) is 15.8. The fraction of sp³-hybridized carbons (Fsp3) is 0.500. The van der Waals surface area contributed by atoms with Crippen molar-refractivity contribution in [3.05, 3.63) is 28.8 Å². The highest BCUT2D eigenvalue weighted by atomic mass is 35.5. The van der Waals surface area contributed by atoms with Crippen LogP contribution in [0.5, 0.6) is 0 Å². The number of nitrogens with zero attached hydrogens (tertiary/aromatic N) is 1. The van der Waals surface area contributed by atoms with E-state index < -0.39 is 0 Å². The molecule has 0 aromatic heterocycles. The molecule has 0 atom stereocenters. The predicted molar refractivity (Wildman–Crippen MR) is 81.0 cm³/mol. The zero-order valence-electron chi connectivity index (χ0n) is 11.8. The Bertz CT molecular complexity index is 399. The van der Waals surface area contributed by atoms with Gasteiger partial charge in [0, 0.05) is 13.1 Å². The van der Waals surface area contributed by atoms with E-state index in [0.29, 0.717) is 17.3 Å². The van der Waals surface area contributed by atoms with Gasteiger partial charge in [0.1, 0.15) is 0 Å². The molecule has 0 spiro atoms. The number of hydrogen-bond donors (Lipinski definition) is 2. The fourth-order valence-electron chi connectivity index (χ4n) is 1.82. The summed E-state index contributed by atoms with van der Waals surface area (Å²) in [6.07, 6.45) is 0. The van der Waals surface area contributed by atoms with E-state index in [2.05, 4.69) is 29.4 Å². The number of hydrogen-bond acceptors (Lipinski definition) is 2. The number of anilines is 1. The van der Waals surface area contributed by atoms with E-state index in [0.717, 1.165) is 25.2 Å². The van der Waals surface area contributed by atoms with Crippen LogP contribution in [0.4, 0.5) is 10.5 Å². The highest BCUT2D eigenvalue weighted by Gasteiger charge is 2.08. The summed E-state index contributed by atoms with van der Waals surface area (Å²) >= 11 is 6.05. The number of para-hydroxylation sites is 1. The quantitative estimate of drug-likeness (QED) is 0.842. The van der Waals surface area contributed by atoms with Crippen molar-refractivity contribution in [2.45, 2.75) is 20.8 Å². The average molecular weight is 284 g/mol. The van der Waals surface area contributed by atoms with E-state index in [1.54, 1.807) is 6.07 Å². The van der Waals surface area contributed by atoms with Crippen LogP contribution in [0.25, 0.3) is 0 Å². The zero-order valence-corrected chi connectivity index (χ0v) is 12.5. The van der Waals surface area contributed by atoms with Crippen molar-refractivity contribution in [2.75, 3.05) is 31.5 Å². The molecule has 1 rings (SSSR count). The lowest BCUT2D eigenvalue weighted by atomic mass is 10.2. The Balaban J connectivity index is 2.43. The molecule has 0 heterocycles. The second-order valence-corrected chi connectivity index (χ2v) is 4.75. The number of nitrogens with one attached hydrogen (secondary N) is 2. The lowest BCUT2D eigenvalue weighted by Crippen LogP contribution is -2.37. The van der Waals surface area contributed by atoms with Gasteiger partial charge in [-0.3, -0.25) is 0 Å². The molecule has 0 aliphatic rings. The average Bonchev–Trinajstić information content (AvgIpc) is 2.39. The molecule has 0 saturated heterocycles. The number of carbonyl (C=O) groups excluding carboxylic acids is 1. The molecule has 5 heteroatoms. The Morgan fingerprint density at radius 1 is 1.32 bits per heavy atom. The number of rotatable bonds is 6. The first-order chi connectivity index (χ1) is 9.08. The van der Waals surface area contributed by atoms with Gasteiger partial charge in [0.25, 0.3) is 0 Å². The van der Waals surface area contributed by atoms with Gasteiger partial charge in [0.2, 0.25) is 0 Å². The number of aryl methyl sites for hydroxylation is 1. The standard InChI is InChI=1S/C14H22ClN3O/c1-4-18(5-2)10-9-16-14(19)17-13-11(3)7-6-8-12(13)15/h6-8H,4-5,9-10H2,1-3H3,(H2,16,17,19). The molecule has 0 aliphatic heterocycles. The Kier molecular flexibility index (Phi) is 6.67. The molecule has 1 aromatic rings. The molecule has 0 aliphatic carbocycles. The fourth-order valence-corrected chi connectivity index (χ4v) is 2.08. The Morgan fingerprint density at radius 3 is 2.58 bits per heavy atom. The molecule has 19 heavy (non-hydrogen) atoms. The lowest BCUT2D eigenvalue weighted by Gasteiger charge is -2.18. The summed E-state index contributed by atoms with van der Waals surface area (Å²) < 4.78 is 0. The summed E-state index contributed by atoms with van der Waals surface area (Å²) in [5.74, 6) is 0. The molecular weight excluding hydrogens is 262 g/mol. The molecule has 2 amide bonds. The third kappa shape index (κ3) is 5.09. The van der Waals surface area contributed by atoms with E-state index in [-0.39, 0.29) is 6.03 Å². The molecule has 1 aromatic carbocycles. The number of halogens is 1. The van der Waals surface area contributed by atoms with Crippen LogP contribution < -0.4 is 10.6 Å². The molecule has 4 nitrogen and oxygen atoms in total. The van der Waals surface area contributed by atoms with Gasteiger partial charge < -0.3 is 15.5 Å². The van der Waals surface area contributed by atoms with Crippen molar-refractivity contribution in [1.29, 1.82) is 0 Å². The van der Waals surface area contributed by atoms with Crippen molar-refractivity contribution in [2.24, 2.45) is 0 Å². The Hall–Kier alpha value is -1.26. The van der Waals surface area contributed by atoms with Gasteiger partial charge in [0.15, 0.2) is 0 Å². The van der Waals surface area contributed by atoms with Crippen LogP contribution in [-0.2, 0) is 0 Å². The van der Waals surface area contributed by atoms with E-state index in [1.807, 2.05) is 19.1 Å².